The van der Waals surface area contributed by atoms with Gasteiger partial charge in [0.05, 0.1) is 23.0 Å². The van der Waals surface area contributed by atoms with Crippen LogP contribution in [0, 0.1) is 25.2 Å². The molecule has 1 aromatic carbocycles. The highest BCUT2D eigenvalue weighted by Gasteiger charge is 2.06. The Labute approximate surface area is 123 Å². The third-order valence-electron chi connectivity index (χ3n) is 2.85. The van der Waals surface area contributed by atoms with E-state index < -0.39 is 0 Å². The van der Waals surface area contributed by atoms with E-state index in [9.17, 15) is 4.79 Å². The van der Waals surface area contributed by atoms with Gasteiger partial charge in [-0.25, -0.2) is 0 Å². The van der Waals surface area contributed by atoms with Crippen LogP contribution < -0.4 is 10.1 Å². The summed E-state index contributed by atoms with van der Waals surface area (Å²) >= 11 is 0. The van der Waals surface area contributed by atoms with Crippen LogP contribution in [0.15, 0.2) is 36.4 Å². The second-order valence-corrected chi connectivity index (χ2v) is 4.56. The lowest BCUT2D eigenvalue weighted by Gasteiger charge is -2.09. The third-order valence-corrected chi connectivity index (χ3v) is 2.85. The zero-order chi connectivity index (χ0) is 15.2. The van der Waals surface area contributed by atoms with Crippen molar-refractivity contribution in [2.24, 2.45) is 0 Å². The summed E-state index contributed by atoms with van der Waals surface area (Å²) in [6.45, 7) is 3.63. The van der Waals surface area contributed by atoms with E-state index >= 15 is 0 Å². The molecule has 0 atom stereocenters. The number of hydrogen-bond donors (Lipinski definition) is 1. The summed E-state index contributed by atoms with van der Waals surface area (Å²) < 4.78 is 5.36. The van der Waals surface area contributed by atoms with Crippen molar-refractivity contribution in [3.63, 3.8) is 0 Å². The Morgan fingerprint density at radius 1 is 1.24 bits per heavy atom. The largest absolute Gasteiger partial charge is 0.484 e. The summed E-state index contributed by atoms with van der Waals surface area (Å²) in [5.74, 6) is 0.288. The van der Waals surface area contributed by atoms with Crippen LogP contribution in [0.3, 0.4) is 0 Å². The van der Waals surface area contributed by atoms with Gasteiger partial charge >= 0.3 is 0 Å². The van der Waals surface area contributed by atoms with E-state index in [1.54, 1.807) is 24.3 Å². The smallest absolute Gasteiger partial charge is 0.262 e. The van der Waals surface area contributed by atoms with Crippen molar-refractivity contribution in [3.05, 3.63) is 53.3 Å². The molecule has 0 unspecified atom stereocenters. The van der Waals surface area contributed by atoms with Crippen LogP contribution in [-0.2, 0) is 4.79 Å². The molecule has 0 saturated carbocycles. The molecule has 0 saturated heterocycles. The van der Waals surface area contributed by atoms with Crippen molar-refractivity contribution in [3.8, 4) is 11.8 Å². The average molecular weight is 281 g/mol. The summed E-state index contributed by atoms with van der Waals surface area (Å²) in [6.07, 6.45) is 0. The van der Waals surface area contributed by atoms with Gasteiger partial charge in [0.25, 0.3) is 5.91 Å². The molecular formula is C16H15N3O2. The number of aryl methyl sites for hydroxylation is 2. The minimum Gasteiger partial charge on any atom is -0.484 e. The number of nitrogens with one attached hydrogen (secondary N) is 1. The first-order valence-corrected chi connectivity index (χ1v) is 6.45. The molecule has 0 aliphatic heterocycles. The van der Waals surface area contributed by atoms with Crippen LogP contribution >= 0.6 is 0 Å². The van der Waals surface area contributed by atoms with Gasteiger partial charge in [-0.1, -0.05) is 0 Å². The zero-order valence-electron chi connectivity index (χ0n) is 11.9. The van der Waals surface area contributed by atoms with Gasteiger partial charge < -0.3 is 10.1 Å². The van der Waals surface area contributed by atoms with Gasteiger partial charge in [-0.3, -0.25) is 9.78 Å². The minimum atomic E-state index is -0.256. The molecule has 106 valence electrons. The molecule has 5 heteroatoms. The van der Waals surface area contributed by atoms with Gasteiger partial charge in [-0.15, -0.1) is 0 Å². The number of pyridine rings is 1. The standard InChI is InChI=1S/C16H15N3O2/c1-11-3-8-15(12(2)18-11)19-16(20)10-21-14-6-4-13(9-17)5-7-14/h3-8H,10H2,1-2H3,(H,19,20). The van der Waals surface area contributed by atoms with Crippen LogP contribution in [-0.4, -0.2) is 17.5 Å². The lowest BCUT2D eigenvalue weighted by atomic mass is 10.2. The van der Waals surface area contributed by atoms with Gasteiger partial charge in [0.2, 0.25) is 0 Å². The predicted molar refractivity (Wildman–Crippen MR) is 79.0 cm³/mol. The van der Waals surface area contributed by atoms with Crippen molar-refractivity contribution in [2.45, 2.75) is 13.8 Å². The number of anilines is 1. The van der Waals surface area contributed by atoms with E-state index in [0.717, 1.165) is 11.4 Å². The van der Waals surface area contributed by atoms with Gasteiger partial charge in [-0.2, -0.15) is 5.26 Å². The Kier molecular flexibility index (Phi) is 4.52. The highest BCUT2D eigenvalue weighted by atomic mass is 16.5. The number of ether oxygens (including phenoxy) is 1. The highest BCUT2D eigenvalue weighted by molar-refractivity contribution is 5.92. The second kappa shape index (κ2) is 6.53. The normalized spacial score (nSPS) is 9.76. The van der Waals surface area contributed by atoms with Crippen LogP contribution in [0.2, 0.25) is 0 Å². The topological polar surface area (TPSA) is 75.0 Å². The molecule has 0 spiro atoms. The van der Waals surface area contributed by atoms with Crippen LogP contribution in [0.4, 0.5) is 5.69 Å². The third kappa shape index (κ3) is 4.05. The predicted octanol–water partition coefficient (Wildman–Crippen LogP) is 2.59. The lowest BCUT2D eigenvalue weighted by Crippen LogP contribution is -2.20. The minimum absolute atomic E-state index is 0.0980. The maximum absolute atomic E-state index is 11.8. The van der Waals surface area contributed by atoms with Crippen molar-refractivity contribution in [1.82, 2.24) is 4.98 Å². The van der Waals surface area contributed by atoms with Crippen LogP contribution in [0.25, 0.3) is 0 Å². The van der Waals surface area contributed by atoms with Crippen molar-refractivity contribution < 1.29 is 9.53 Å². The Morgan fingerprint density at radius 3 is 2.57 bits per heavy atom. The fourth-order valence-corrected chi connectivity index (χ4v) is 1.78. The molecule has 2 aromatic rings. The Hall–Kier alpha value is -2.87. The van der Waals surface area contributed by atoms with Gasteiger partial charge in [0.15, 0.2) is 6.61 Å². The van der Waals surface area contributed by atoms with Gasteiger partial charge in [0.1, 0.15) is 5.75 Å². The Morgan fingerprint density at radius 2 is 1.95 bits per heavy atom. The number of hydrogen-bond acceptors (Lipinski definition) is 4. The molecular weight excluding hydrogens is 266 g/mol. The molecule has 0 radical (unpaired) electrons. The van der Waals surface area contributed by atoms with E-state index in [2.05, 4.69) is 10.3 Å². The molecule has 2 rings (SSSR count). The second-order valence-electron chi connectivity index (χ2n) is 4.56. The molecule has 5 nitrogen and oxygen atoms in total. The number of carbonyl (C=O) groups is 1. The summed E-state index contributed by atoms with van der Waals surface area (Å²) in [4.78, 5) is 16.1. The molecule has 1 aromatic heterocycles. The molecule has 0 aliphatic carbocycles. The number of nitriles is 1. The Bertz CT molecular complexity index is 688. The molecule has 0 bridgehead atoms. The summed E-state index contributed by atoms with van der Waals surface area (Å²) in [5.41, 5.74) is 2.89. The van der Waals surface area contributed by atoms with E-state index in [0.29, 0.717) is 17.0 Å². The van der Waals surface area contributed by atoms with E-state index in [-0.39, 0.29) is 12.5 Å². The molecule has 1 N–H and O–H groups in total. The molecule has 0 fully saturated rings. The molecule has 21 heavy (non-hydrogen) atoms. The highest BCUT2D eigenvalue weighted by Crippen LogP contribution is 2.14. The number of nitrogens with zero attached hydrogens (tertiary/aromatic N) is 2. The zero-order valence-corrected chi connectivity index (χ0v) is 11.9. The lowest BCUT2D eigenvalue weighted by molar-refractivity contribution is -0.118. The maximum Gasteiger partial charge on any atom is 0.262 e. The molecule has 0 aliphatic rings. The quantitative estimate of drug-likeness (QED) is 0.934. The van der Waals surface area contributed by atoms with E-state index in [1.807, 2.05) is 32.0 Å². The van der Waals surface area contributed by atoms with Crippen molar-refractivity contribution >= 4 is 11.6 Å². The van der Waals surface area contributed by atoms with Gasteiger partial charge in [0, 0.05) is 5.69 Å². The first-order valence-electron chi connectivity index (χ1n) is 6.45. The summed E-state index contributed by atoms with van der Waals surface area (Å²) in [7, 11) is 0. The number of carbonyl (C=O) groups excluding carboxylic acids is 1. The number of benzene rings is 1. The first kappa shape index (κ1) is 14.5. The van der Waals surface area contributed by atoms with Crippen molar-refractivity contribution in [2.75, 3.05) is 11.9 Å². The number of amides is 1. The first-order chi connectivity index (χ1) is 10.1. The van der Waals surface area contributed by atoms with Gasteiger partial charge in [-0.05, 0) is 50.2 Å². The van der Waals surface area contributed by atoms with Crippen molar-refractivity contribution in [1.29, 1.82) is 5.26 Å². The maximum atomic E-state index is 11.8. The van der Waals surface area contributed by atoms with E-state index in [1.165, 1.54) is 0 Å². The summed E-state index contributed by atoms with van der Waals surface area (Å²) in [6, 6.07) is 12.3. The van der Waals surface area contributed by atoms with E-state index in [4.69, 9.17) is 10.00 Å². The number of rotatable bonds is 4. The monoisotopic (exact) mass is 281 g/mol. The van der Waals surface area contributed by atoms with Crippen LogP contribution in [0.5, 0.6) is 5.75 Å². The molecule has 1 amide bonds. The fraction of sp³-hybridized carbons (Fsp3) is 0.188. The molecule has 1 heterocycles. The number of aromatic nitrogens is 1. The fourth-order valence-electron chi connectivity index (χ4n) is 1.78. The SMILES string of the molecule is Cc1ccc(NC(=O)COc2ccc(C#N)cc2)c(C)n1. The van der Waals surface area contributed by atoms with Crippen LogP contribution in [0.1, 0.15) is 17.0 Å². The Balaban J connectivity index is 1.91. The average Bonchev–Trinajstić information content (AvgIpc) is 2.48. The summed E-state index contributed by atoms with van der Waals surface area (Å²) in [5, 5.41) is 11.4.